The monoisotopic (exact) mass is 376 g/mol. The Morgan fingerprint density at radius 3 is 2.56 bits per heavy atom. The van der Waals surface area contributed by atoms with Gasteiger partial charge < -0.3 is 10.2 Å². The van der Waals surface area contributed by atoms with Gasteiger partial charge in [-0.05, 0) is 48.7 Å². The van der Waals surface area contributed by atoms with Crippen LogP contribution in [0.15, 0.2) is 42.5 Å². The van der Waals surface area contributed by atoms with Crippen molar-refractivity contribution in [2.24, 2.45) is 0 Å². The summed E-state index contributed by atoms with van der Waals surface area (Å²) in [6, 6.07) is 12.1. The number of halogens is 2. The Kier molecular flexibility index (Phi) is 5.61. The van der Waals surface area contributed by atoms with E-state index in [-0.39, 0.29) is 11.8 Å². The third kappa shape index (κ3) is 4.33. The zero-order valence-electron chi connectivity index (χ0n) is 13.6. The second-order valence-corrected chi connectivity index (χ2v) is 6.85. The minimum Gasteiger partial charge on any atom is -0.348 e. The average molecular weight is 377 g/mol. The van der Waals surface area contributed by atoms with Crippen LogP contribution in [0.5, 0.6) is 0 Å². The average Bonchev–Trinajstić information content (AvgIpc) is 3.16. The van der Waals surface area contributed by atoms with Crippen molar-refractivity contribution in [2.45, 2.75) is 19.4 Å². The maximum absolute atomic E-state index is 12.4. The van der Waals surface area contributed by atoms with Crippen molar-refractivity contribution in [1.29, 1.82) is 0 Å². The fourth-order valence-corrected chi connectivity index (χ4v) is 3.24. The molecule has 25 heavy (non-hydrogen) atoms. The number of carbonyl (C=O) groups excluding carboxylic acids is 2. The highest BCUT2D eigenvalue weighted by molar-refractivity contribution is 6.35. The van der Waals surface area contributed by atoms with Gasteiger partial charge in [-0.1, -0.05) is 35.3 Å². The first-order valence-corrected chi connectivity index (χ1v) is 8.91. The summed E-state index contributed by atoms with van der Waals surface area (Å²) in [5, 5.41) is 3.61. The van der Waals surface area contributed by atoms with E-state index in [1.165, 1.54) is 6.07 Å². The molecule has 0 aliphatic carbocycles. The second kappa shape index (κ2) is 7.89. The topological polar surface area (TPSA) is 49.4 Å². The minimum atomic E-state index is -0.302. The van der Waals surface area contributed by atoms with Gasteiger partial charge in [-0.25, -0.2) is 0 Å². The van der Waals surface area contributed by atoms with Crippen molar-refractivity contribution in [2.75, 3.05) is 13.1 Å². The first-order valence-electron chi connectivity index (χ1n) is 8.16. The second-order valence-electron chi connectivity index (χ2n) is 6.01. The van der Waals surface area contributed by atoms with Gasteiger partial charge in [-0.15, -0.1) is 0 Å². The van der Waals surface area contributed by atoms with Crippen LogP contribution in [0.25, 0.3) is 0 Å². The van der Waals surface area contributed by atoms with E-state index in [9.17, 15) is 9.59 Å². The molecule has 1 fully saturated rings. The molecule has 0 unspecified atom stereocenters. The lowest BCUT2D eigenvalue weighted by molar-refractivity contribution is 0.0792. The third-order valence-corrected chi connectivity index (χ3v) is 4.76. The summed E-state index contributed by atoms with van der Waals surface area (Å²) in [6.45, 7) is 1.93. The molecule has 6 heteroatoms. The van der Waals surface area contributed by atoms with Crippen LogP contribution in [0, 0.1) is 0 Å². The molecule has 0 saturated carbocycles. The molecule has 4 nitrogen and oxygen atoms in total. The van der Waals surface area contributed by atoms with Gasteiger partial charge in [0, 0.05) is 30.2 Å². The number of rotatable bonds is 4. The minimum absolute atomic E-state index is 0.0450. The van der Waals surface area contributed by atoms with Gasteiger partial charge in [0.25, 0.3) is 11.8 Å². The summed E-state index contributed by atoms with van der Waals surface area (Å²) >= 11 is 12.0. The molecule has 0 spiro atoms. The van der Waals surface area contributed by atoms with Crippen LogP contribution in [0.1, 0.15) is 39.1 Å². The number of carbonyl (C=O) groups is 2. The number of likely N-dealkylation sites (tertiary alicyclic amines) is 1. The van der Waals surface area contributed by atoms with Crippen LogP contribution < -0.4 is 5.32 Å². The largest absolute Gasteiger partial charge is 0.348 e. The molecule has 1 N–H and O–H groups in total. The summed E-state index contributed by atoms with van der Waals surface area (Å²) < 4.78 is 0. The van der Waals surface area contributed by atoms with E-state index in [0.717, 1.165) is 31.5 Å². The molecule has 2 aromatic carbocycles. The van der Waals surface area contributed by atoms with Gasteiger partial charge in [-0.2, -0.15) is 0 Å². The molecule has 1 aliphatic rings. The van der Waals surface area contributed by atoms with Crippen LogP contribution in [0.4, 0.5) is 0 Å². The number of nitrogens with zero attached hydrogens (tertiary/aromatic N) is 1. The van der Waals surface area contributed by atoms with Gasteiger partial charge in [-0.3, -0.25) is 9.59 Å². The van der Waals surface area contributed by atoms with Gasteiger partial charge in [0.15, 0.2) is 0 Å². The molecule has 2 amide bonds. The summed E-state index contributed by atoms with van der Waals surface area (Å²) in [5.41, 5.74) is 1.84. The Bertz CT molecular complexity index is 802. The highest BCUT2D eigenvalue weighted by Gasteiger charge is 2.19. The molecule has 0 radical (unpaired) electrons. The van der Waals surface area contributed by atoms with Gasteiger partial charge in [0.2, 0.25) is 0 Å². The van der Waals surface area contributed by atoms with E-state index in [4.69, 9.17) is 23.2 Å². The number of hydrogen-bond donors (Lipinski definition) is 1. The van der Waals surface area contributed by atoms with Crippen molar-refractivity contribution >= 4 is 35.0 Å². The van der Waals surface area contributed by atoms with Crippen molar-refractivity contribution in [3.05, 3.63) is 69.2 Å². The van der Waals surface area contributed by atoms with Gasteiger partial charge in [0.05, 0.1) is 10.6 Å². The van der Waals surface area contributed by atoms with Crippen LogP contribution in [0.2, 0.25) is 10.0 Å². The first-order chi connectivity index (χ1) is 12.0. The first kappa shape index (κ1) is 17.8. The van der Waals surface area contributed by atoms with Gasteiger partial charge >= 0.3 is 0 Å². The lowest BCUT2D eigenvalue weighted by Gasteiger charge is -2.15. The zero-order valence-corrected chi connectivity index (χ0v) is 15.1. The smallest absolute Gasteiger partial charge is 0.253 e. The maximum atomic E-state index is 12.4. The quantitative estimate of drug-likeness (QED) is 0.870. The Hall–Kier alpha value is -2.04. The summed E-state index contributed by atoms with van der Waals surface area (Å²) in [6.07, 6.45) is 2.11. The van der Waals surface area contributed by atoms with E-state index >= 15 is 0 Å². The predicted octanol–water partition coefficient (Wildman–Crippen LogP) is 4.16. The fourth-order valence-electron chi connectivity index (χ4n) is 2.87. The standard InChI is InChI=1S/C19H18Cl2N2O2/c20-15-6-7-17(21)16(11-15)18(24)22-12-13-4-3-5-14(10-13)19(25)23-8-1-2-9-23/h3-7,10-11H,1-2,8-9,12H2,(H,22,24). The molecule has 2 aromatic rings. The molecule has 130 valence electrons. The molecule has 1 saturated heterocycles. The van der Waals surface area contributed by atoms with Crippen LogP contribution in [-0.2, 0) is 6.54 Å². The maximum Gasteiger partial charge on any atom is 0.253 e. The molecule has 0 atom stereocenters. The number of amides is 2. The van der Waals surface area contributed by atoms with Crippen LogP contribution in [-0.4, -0.2) is 29.8 Å². The summed E-state index contributed by atoms with van der Waals surface area (Å²) in [7, 11) is 0. The van der Waals surface area contributed by atoms with Crippen molar-refractivity contribution < 1.29 is 9.59 Å². The van der Waals surface area contributed by atoms with Crippen molar-refractivity contribution in [3.8, 4) is 0 Å². The number of nitrogens with one attached hydrogen (secondary N) is 1. The molecule has 0 aromatic heterocycles. The molecule has 1 heterocycles. The zero-order chi connectivity index (χ0) is 17.8. The summed E-state index contributed by atoms with van der Waals surface area (Å²) in [5.74, 6) is -0.257. The third-order valence-electron chi connectivity index (χ3n) is 4.19. The highest BCUT2D eigenvalue weighted by atomic mass is 35.5. The highest BCUT2D eigenvalue weighted by Crippen LogP contribution is 2.20. The van der Waals surface area contributed by atoms with E-state index in [0.29, 0.717) is 27.7 Å². The van der Waals surface area contributed by atoms with E-state index in [2.05, 4.69) is 5.32 Å². The lowest BCUT2D eigenvalue weighted by Crippen LogP contribution is -2.28. The van der Waals surface area contributed by atoms with Crippen molar-refractivity contribution in [3.63, 3.8) is 0 Å². The molecule has 1 aliphatic heterocycles. The summed E-state index contributed by atoms with van der Waals surface area (Å²) in [4.78, 5) is 26.6. The SMILES string of the molecule is O=C(NCc1cccc(C(=O)N2CCCC2)c1)c1cc(Cl)ccc1Cl. The van der Waals surface area contributed by atoms with Crippen LogP contribution in [0.3, 0.4) is 0 Å². The van der Waals surface area contributed by atoms with Gasteiger partial charge in [0.1, 0.15) is 0 Å². The fraction of sp³-hybridized carbons (Fsp3) is 0.263. The normalized spacial score (nSPS) is 13.8. The Morgan fingerprint density at radius 2 is 1.80 bits per heavy atom. The number of benzene rings is 2. The molecule has 0 bridgehead atoms. The lowest BCUT2D eigenvalue weighted by atomic mass is 10.1. The van der Waals surface area contributed by atoms with Crippen LogP contribution >= 0.6 is 23.2 Å². The number of hydrogen-bond acceptors (Lipinski definition) is 2. The molecular weight excluding hydrogens is 359 g/mol. The molecular formula is C19H18Cl2N2O2. The Labute approximate surface area is 156 Å². The van der Waals surface area contributed by atoms with E-state index in [1.807, 2.05) is 23.1 Å². The Balaban J connectivity index is 1.67. The predicted molar refractivity (Wildman–Crippen MR) is 99.2 cm³/mol. The van der Waals surface area contributed by atoms with E-state index in [1.54, 1.807) is 18.2 Å². The molecule has 3 rings (SSSR count). The van der Waals surface area contributed by atoms with Crippen molar-refractivity contribution in [1.82, 2.24) is 10.2 Å². The Morgan fingerprint density at radius 1 is 1.04 bits per heavy atom. The van der Waals surface area contributed by atoms with E-state index < -0.39 is 0 Å².